The molecule has 0 heterocycles. The molecule has 0 aliphatic carbocycles. The first-order valence-electron chi connectivity index (χ1n) is 4.23. The Morgan fingerprint density at radius 2 is 0.800 bits per heavy atom. The summed E-state index contributed by atoms with van der Waals surface area (Å²) in [5.74, 6) is 0.144. The standard InChI is InChI=1S/2C6H6O.Al/c2*7-6-4-2-1-3-5-6;/h2*1-5,7H;/q;;+2/p-2. The van der Waals surface area contributed by atoms with Crippen molar-refractivity contribution >= 4 is 17.4 Å². The number of rotatable bonds is 0. The molecule has 1 radical (unpaired) electrons. The van der Waals surface area contributed by atoms with E-state index in [0.717, 1.165) is 0 Å². The molecule has 2 rings (SSSR count). The van der Waals surface area contributed by atoms with E-state index in [0.29, 0.717) is 0 Å². The Morgan fingerprint density at radius 1 is 0.533 bits per heavy atom. The van der Waals surface area contributed by atoms with Crippen LogP contribution in [0.15, 0.2) is 60.7 Å². The van der Waals surface area contributed by atoms with E-state index in [1.165, 1.54) is 24.3 Å². The van der Waals surface area contributed by atoms with Gasteiger partial charge >= 0.3 is 17.4 Å². The first-order valence-corrected chi connectivity index (χ1v) is 4.23. The summed E-state index contributed by atoms with van der Waals surface area (Å²) in [5.41, 5.74) is 0. The van der Waals surface area contributed by atoms with Gasteiger partial charge < -0.3 is 10.2 Å². The molecule has 2 nitrogen and oxygen atoms in total. The minimum absolute atomic E-state index is 0. The van der Waals surface area contributed by atoms with Gasteiger partial charge in [-0.15, -0.1) is 11.5 Å². The maximum atomic E-state index is 10.3. The van der Waals surface area contributed by atoms with Crippen molar-refractivity contribution in [2.45, 2.75) is 0 Å². The maximum Gasteiger partial charge on any atom is 2.00 e. The van der Waals surface area contributed by atoms with E-state index in [2.05, 4.69) is 0 Å². The average Bonchev–Trinajstić information content (AvgIpc) is 2.21. The molecule has 3 heteroatoms. The summed E-state index contributed by atoms with van der Waals surface area (Å²) in [5, 5.41) is 20.5. The van der Waals surface area contributed by atoms with Gasteiger partial charge in [-0.2, -0.15) is 0 Å². The molecule has 0 amide bonds. The molecule has 0 unspecified atom stereocenters. The van der Waals surface area contributed by atoms with E-state index in [9.17, 15) is 10.2 Å². The van der Waals surface area contributed by atoms with Crippen LogP contribution in [0, 0.1) is 0 Å². The summed E-state index contributed by atoms with van der Waals surface area (Å²) >= 11 is 0. The smallest absolute Gasteiger partial charge is 0.872 e. The molecule has 0 saturated heterocycles. The van der Waals surface area contributed by atoms with Gasteiger partial charge in [0.2, 0.25) is 0 Å². The van der Waals surface area contributed by atoms with Crippen molar-refractivity contribution in [1.82, 2.24) is 0 Å². The minimum atomic E-state index is 0. The summed E-state index contributed by atoms with van der Waals surface area (Å²) in [6, 6.07) is 16.7. The van der Waals surface area contributed by atoms with Crippen LogP contribution in [0.5, 0.6) is 11.5 Å². The Morgan fingerprint density at radius 3 is 0.933 bits per heavy atom. The molecule has 2 aromatic carbocycles. The van der Waals surface area contributed by atoms with Gasteiger partial charge in [0.15, 0.2) is 0 Å². The third-order valence-corrected chi connectivity index (χ3v) is 1.49. The number of para-hydroxylation sites is 2. The molecular formula is C12H10AlO2. The minimum Gasteiger partial charge on any atom is -0.872 e. The van der Waals surface area contributed by atoms with Crippen molar-refractivity contribution in [3.8, 4) is 11.5 Å². The second-order valence-electron chi connectivity index (χ2n) is 2.63. The summed E-state index contributed by atoms with van der Waals surface area (Å²) in [7, 11) is 0. The van der Waals surface area contributed by atoms with Crippen LogP contribution in [0.4, 0.5) is 0 Å². The molecule has 15 heavy (non-hydrogen) atoms. The number of hydrogen-bond acceptors (Lipinski definition) is 2. The SMILES string of the molecule is [Al+2].[O-]c1ccccc1.[O-]c1ccccc1. The first-order chi connectivity index (χ1) is 6.79. The molecule has 0 aliphatic rings. The van der Waals surface area contributed by atoms with E-state index >= 15 is 0 Å². The zero-order valence-corrected chi connectivity index (χ0v) is 9.32. The Kier molecular flexibility index (Phi) is 7.17. The van der Waals surface area contributed by atoms with E-state index in [1.54, 1.807) is 24.3 Å². The quantitative estimate of drug-likeness (QED) is 0.616. The predicted molar refractivity (Wildman–Crippen MR) is 57.5 cm³/mol. The fraction of sp³-hybridized carbons (Fsp3) is 0. The van der Waals surface area contributed by atoms with Gasteiger partial charge in [-0.1, -0.05) is 60.7 Å². The van der Waals surface area contributed by atoms with Gasteiger partial charge in [0.1, 0.15) is 0 Å². The van der Waals surface area contributed by atoms with Crippen molar-refractivity contribution < 1.29 is 10.2 Å². The molecule has 2 aromatic rings. The summed E-state index contributed by atoms with van der Waals surface area (Å²) < 4.78 is 0. The predicted octanol–water partition coefficient (Wildman–Crippen LogP) is 1.14. The molecule has 0 atom stereocenters. The molecule has 0 bridgehead atoms. The Labute approximate surface area is 100.0 Å². The second kappa shape index (κ2) is 7.93. The molecule has 0 spiro atoms. The Hall–Kier alpha value is -1.43. The van der Waals surface area contributed by atoms with Crippen LogP contribution in [0.3, 0.4) is 0 Å². The molecule has 0 aromatic heterocycles. The van der Waals surface area contributed by atoms with Crippen LogP contribution in [0.2, 0.25) is 0 Å². The fourth-order valence-corrected chi connectivity index (χ4v) is 0.841. The van der Waals surface area contributed by atoms with E-state index in [1.807, 2.05) is 12.1 Å². The monoisotopic (exact) mass is 213 g/mol. The molecule has 0 aliphatic heterocycles. The van der Waals surface area contributed by atoms with Crippen LogP contribution in [0.1, 0.15) is 0 Å². The summed E-state index contributed by atoms with van der Waals surface area (Å²) in [4.78, 5) is 0. The van der Waals surface area contributed by atoms with Crippen LogP contribution in [-0.4, -0.2) is 17.4 Å². The third-order valence-electron chi connectivity index (χ3n) is 1.49. The van der Waals surface area contributed by atoms with Crippen molar-refractivity contribution in [3.63, 3.8) is 0 Å². The van der Waals surface area contributed by atoms with Crippen molar-refractivity contribution in [2.24, 2.45) is 0 Å². The molecule has 0 N–H and O–H groups in total. The van der Waals surface area contributed by atoms with Gasteiger partial charge in [-0.3, -0.25) is 0 Å². The third kappa shape index (κ3) is 6.62. The first kappa shape index (κ1) is 13.6. The van der Waals surface area contributed by atoms with Crippen molar-refractivity contribution in [2.75, 3.05) is 0 Å². The number of benzene rings is 2. The van der Waals surface area contributed by atoms with E-state index < -0.39 is 0 Å². The van der Waals surface area contributed by atoms with E-state index in [-0.39, 0.29) is 28.9 Å². The normalized spacial score (nSPS) is 8.00. The number of hydrogen-bond donors (Lipinski definition) is 0. The van der Waals surface area contributed by atoms with Crippen LogP contribution in [0.25, 0.3) is 0 Å². The fourth-order valence-electron chi connectivity index (χ4n) is 0.841. The average molecular weight is 213 g/mol. The summed E-state index contributed by atoms with van der Waals surface area (Å²) in [6.45, 7) is 0. The Balaban J connectivity index is 0.000000245. The van der Waals surface area contributed by atoms with Gasteiger partial charge in [0, 0.05) is 0 Å². The van der Waals surface area contributed by atoms with E-state index in [4.69, 9.17) is 0 Å². The molecular weight excluding hydrogens is 203 g/mol. The van der Waals surface area contributed by atoms with Gasteiger partial charge in [-0.05, 0) is 0 Å². The van der Waals surface area contributed by atoms with Crippen LogP contribution in [-0.2, 0) is 0 Å². The summed E-state index contributed by atoms with van der Waals surface area (Å²) in [6.07, 6.45) is 0. The zero-order chi connectivity index (χ0) is 10.2. The topological polar surface area (TPSA) is 46.1 Å². The maximum absolute atomic E-state index is 10.3. The van der Waals surface area contributed by atoms with Gasteiger partial charge in [0.05, 0.1) is 0 Å². The molecule has 73 valence electrons. The van der Waals surface area contributed by atoms with Crippen molar-refractivity contribution in [3.05, 3.63) is 60.7 Å². The van der Waals surface area contributed by atoms with Gasteiger partial charge in [-0.25, -0.2) is 0 Å². The second-order valence-corrected chi connectivity index (χ2v) is 2.63. The zero-order valence-electron chi connectivity index (χ0n) is 8.17. The van der Waals surface area contributed by atoms with Gasteiger partial charge in [0.25, 0.3) is 0 Å². The largest absolute Gasteiger partial charge is 2.00 e. The molecule has 0 fully saturated rings. The van der Waals surface area contributed by atoms with Crippen LogP contribution >= 0.6 is 0 Å². The van der Waals surface area contributed by atoms with Crippen molar-refractivity contribution in [1.29, 1.82) is 0 Å². The van der Waals surface area contributed by atoms with Crippen LogP contribution < -0.4 is 10.2 Å². The molecule has 0 saturated carbocycles. The Bertz CT molecular complexity index is 311.